The number of rotatable bonds is 2. The van der Waals surface area contributed by atoms with Crippen LogP contribution < -0.4 is 0 Å². The van der Waals surface area contributed by atoms with Crippen molar-refractivity contribution >= 4 is 21.8 Å². The number of sulfone groups is 1. The van der Waals surface area contributed by atoms with E-state index < -0.39 is 21.9 Å². The molecule has 2 saturated heterocycles. The van der Waals surface area contributed by atoms with Crippen LogP contribution in [-0.2, 0) is 19.4 Å². The van der Waals surface area contributed by atoms with Crippen molar-refractivity contribution in [1.82, 2.24) is 9.80 Å². The summed E-state index contributed by atoms with van der Waals surface area (Å²) in [5.74, 6) is -0.862. The zero-order chi connectivity index (χ0) is 15.5. The third-order valence-corrected chi connectivity index (χ3v) is 5.35. The number of nitrogens with zero attached hydrogens (tertiary/aromatic N) is 2. The summed E-state index contributed by atoms with van der Waals surface area (Å²) >= 11 is 0. The minimum absolute atomic E-state index is 0.0123. The van der Waals surface area contributed by atoms with Crippen LogP contribution in [0.1, 0.15) is 12.8 Å². The van der Waals surface area contributed by atoms with Gasteiger partial charge in [0, 0.05) is 26.2 Å². The molecule has 120 valence electrons. The van der Waals surface area contributed by atoms with Crippen LogP contribution in [0.15, 0.2) is 0 Å². The van der Waals surface area contributed by atoms with Gasteiger partial charge in [-0.25, -0.2) is 13.2 Å². The average molecular weight is 320 g/mol. The Hall–Kier alpha value is -1.35. The summed E-state index contributed by atoms with van der Waals surface area (Å²) in [6, 6.07) is -0.231. The minimum Gasteiger partial charge on any atom is -0.481 e. The Morgan fingerprint density at radius 2 is 1.90 bits per heavy atom. The molecule has 2 aliphatic heterocycles. The number of carbonyl (C=O) groups excluding carboxylic acids is 1. The van der Waals surface area contributed by atoms with Crippen molar-refractivity contribution in [1.29, 1.82) is 0 Å². The summed E-state index contributed by atoms with van der Waals surface area (Å²) in [5, 5.41) is 8.77. The zero-order valence-corrected chi connectivity index (χ0v) is 12.5. The Balaban J connectivity index is 1.94. The second-order valence-electron chi connectivity index (χ2n) is 5.31. The van der Waals surface area contributed by atoms with Crippen LogP contribution in [0.4, 0.5) is 4.79 Å². The van der Waals surface area contributed by atoms with Crippen molar-refractivity contribution in [2.24, 2.45) is 0 Å². The quantitative estimate of drug-likeness (QED) is 0.729. The molecule has 0 spiro atoms. The first kappa shape index (κ1) is 16.0. The van der Waals surface area contributed by atoms with Crippen molar-refractivity contribution in [2.75, 3.05) is 44.3 Å². The number of aliphatic carboxylic acids is 1. The smallest absolute Gasteiger partial charge is 0.320 e. The molecule has 2 aliphatic rings. The molecule has 1 atom stereocenters. The van der Waals surface area contributed by atoms with E-state index in [1.54, 1.807) is 4.90 Å². The molecule has 0 aliphatic carbocycles. The molecule has 0 saturated carbocycles. The molecule has 21 heavy (non-hydrogen) atoms. The fourth-order valence-corrected chi connectivity index (χ4v) is 3.81. The first-order valence-corrected chi connectivity index (χ1v) is 8.77. The van der Waals surface area contributed by atoms with E-state index in [2.05, 4.69) is 0 Å². The maximum atomic E-state index is 12.4. The Bertz CT molecular complexity index is 506. The number of hydrogen-bond donors (Lipinski definition) is 1. The van der Waals surface area contributed by atoms with E-state index in [4.69, 9.17) is 9.84 Å². The summed E-state index contributed by atoms with van der Waals surface area (Å²) in [7, 11) is -3.06. The second-order valence-corrected chi connectivity index (χ2v) is 7.62. The monoisotopic (exact) mass is 320 g/mol. The third-order valence-electron chi connectivity index (χ3n) is 3.64. The van der Waals surface area contributed by atoms with Crippen molar-refractivity contribution in [3.8, 4) is 0 Å². The molecule has 1 unspecified atom stereocenters. The van der Waals surface area contributed by atoms with E-state index in [1.807, 2.05) is 0 Å². The van der Waals surface area contributed by atoms with Gasteiger partial charge < -0.3 is 19.6 Å². The number of amides is 2. The van der Waals surface area contributed by atoms with Crippen LogP contribution in [0.5, 0.6) is 0 Å². The fourth-order valence-electron chi connectivity index (χ4n) is 2.54. The van der Waals surface area contributed by atoms with Crippen molar-refractivity contribution in [2.45, 2.75) is 18.9 Å². The third kappa shape index (κ3) is 4.57. The highest BCUT2D eigenvalue weighted by molar-refractivity contribution is 7.91. The Morgan fingerprint density at radius 1 is 1.14 bits per heavy atom. The molecule has 2 heterocycles. The first-order chi connectivity index (χ1) is 9.87. The van der Waals surface area contributed by atoms with E-state index in [-0.39, 0.29) is 37.0 Å². The Kier molecular flexibility index (Phi) is 5.04. The van der Waals surface area contributed by atoms with Crippen LogP contribution in [0, 0.1) is 0 Å². The minimum atomic E-state index is -3.06. The maximum absolute atomic E-state index is 12.4. The molecule has 8 nitrogen and oxygen atoms in total. The molecule has 0 bridgehead atoms. The number of morpholine rings is 1. The van der Waals surface area contributed by atoms with E-state index in [0.29, 0.717) is 26.1 Å². The van der Waals surface area contributed by atoms with Gasteiger partial charge >= 0.3 is 12.0 Å². The van der Waals surface area contributed by atoms with Crippen LogP contribution in [0.25, 0.3) is 0 Å². The molecular weight excluding hydrogens is 300 g/mol. The number of urea groups is 1. The lowest BCUT2D eigenvalue weighted by Gasteiger charge is -2.35. The number of carboxylic acid groups (broad SMARTS) is 1. The summed E-state index contributed by atoms with van der Waals surface area (Å²) in [6.07, 6.45) is -0.203. The van der Waals surface area contributed by atoms with E-state index in [9.17, 15) is 18.0 Å². The number of hydrogen-bond acceptors (Lipinski definition) is 5. The number of carboxylic acids is 1. The summed E-state index contributed by atoms with van der Waals surface area (Å²) in [6.45, 7) is 1.55. The predicted molar refractivity (Wildman–Crippen MR) is 73.8 cm³/mol. The van der Waals surface area contributed by atoms with E-state index >= 15 is 0 Å². The van der Waals surface area contributed by atoms with Crippen LogP contribution in [0.3, 0.4) is 0 Å². The fraction of sp³-hybridized carbons (Fsp3) is 0.833. The molecule has 0 aromatic rings. The normalized spacial score (nSPS) is 26.2. The lowest BCUT2D eigenvalue weighted by molar-refractivity contribution is -0.141. The molecule has 0 aromatic heterocycles. The van der Waals surface area contributed by atoms with Gasteiger partial charge in [0.25, 0.3) is 0 Å². The van der Waals surface area contributed by atoms with E-state index in [0.717, 1.165) is 0 Å². The highest BCUT2D eigenvalue weighted by atomic mass is 32.2. The van der Waals surface area contributed by atoms with Gasteiger partial charge in [-0.2, -0.15) is 0 Å². The number of ether oxygens (including phenoxy) is 1. The molecule has 2 rings (SSSR count). The molecule has 0 radical (unpaired) electrons. The van der Waals surface area contributed by atoms with Crippen molar-refractivity contribution in [3.63, 3.8) is 0 Å². The molecule has 9 heteroatoms. The molecular formula is C12H20N2O6S. The van der Waals surface area contributed by atoms with Gasteiger partial charge in [0.2, 0.25) is 0 Å². The van der Waals surface area contributed by atoms with Gasteiger partial charge in [-0.3, -0.25) is 4.79 Å². The maximum Gasteiger partial charge on any atom is 0.320 e. The SMILES string of the molecule is O=C(O)CC1CN(C(=O)N2CCCS(=O)(=O)CC2)CCO1. The van der Waals surface area contributed by atoms with Crippen molar-refractivity contribution in [3.05, 3.63) is 0 Å². The highest BCUT2D eigenvalue weighted by Gasteiger charge is 2.30. The Labute approximate surface area is 123 Å². The van der Waals surface area contributed by atoms with Gasteiger partial charge in [0.15, 0.2) is 9.84 Å². The standard InChI is InChI=1S/C12H20N2O6S/c15-11(16)8-10-9-14(3-5-20-10)12(17)13-2-1-6-21(18,19)7-4-13/h10H,1-9H2,(H,15,16). The molecule has 0 aromatic carbocycles. The van der Waals surface area contributed by atoms with Gasteiger partial charge in [-0.15, -0.1) is 0 Å². The number of carbonyl (C=O) groups is 2. The van der Waals surface area contributed by atoms with Gasteiger partial charge in [0.1, 0.15) is 0 Å². The second kappa shape index (κ2) is 6.61. The summed E-state index contributed by atoms with van der Waals surface area (Å²) in [5.41, 5.74) is 0. The van der Waals surface area contributed by atoms with E-state index in [1.165, 1.54) is 4.90 Å². The largest absolute Gasteiger partial charge is 0.481 e. The van der Waals surface area contributed by atoms with Gasteiger partial charge in [-0.1, -0.05) is 0 Å². The molecule has 2 amide bonds. The average Bonchev–Trinajstić information content (AvgIpc) is 2.58. The topological polar surface area (TPSA) is 104 Å². The predicted octanol–water partition coefficient (Wildman–Crippen LogP) is -0.598. The summed E-state index contributed by atoms with van der Waals surface area (Å²) < 4.78 is 28.4. The van der Waals surface area contributed by atoms with Crippen LogP contribution in [0.2, 0.25) is 0 Å². The van der Waals surface area contributed by atoms with Gasteiger partial charge in [-0.05, 0) is 6.42 Å². The Morgan fingerprint density at radius 3 is 2.62 bits per heavy atom. The van der Waals surface area contributed by atoms with Gasteiger partial charge in [0.05, 0.1) is 30.6 Å². The van der Waals surface area contributed by atoms with Crippen LogP contribution >= 0.6 is 0 Å². The lowest BCUT2D eigenvalue weighted by atomic mass is 10.2. The van der Waals surface area contributed by atoms with Crippen LogP contribution in [-0.4, -0.2) is 85.7 Å². The summed E-state index contributed by atoms with van der Waals surface area (Å²) in [4.78, 5) is 26.2. The van der Waals surface area contributed by atoms with Crippen molar-refractivity contribution < 1.29 is 27.9 Å². The first-order valence-electron chi connectivity index (χ1n) is 6.95. The molecule has 1 N–H and O–H groups in total. The zero-order valence-electron chi connectivity index (χ0n) is 11.7. The highest BCUT2D eigenvalue weighted by Crippen LogP contribution is 2.13. The lowest BCUT2D eigenvalue weighted by Crippen LogP contribution is -2.51. The molecule has 2 fully saturated rings.